The Morgan fingerprint density at radius 1 is 1.32 bits per heavy atom. The number of aromatic nitrogens is 1. The average Bonchev–Trinajstić information content (AvgIpc) is 2.38. The van der Waals surface area contributed by atoms with Crippen LogP contribution in [0.25, 0.3) is 0 Å². The number of carbonyl (C=O) groups is 2. The lowest BCUT2D eigenvalue weighted by molar-refractivity contribution is 0.0527. The second kappa shape index (κ2) is 5.36. The molecular weight excluding hydrogens is 246 g/mol. The number of likely N-dealkylation sites (N-methyl/N-ethyl adjacent to an activating group) is 1. The first-order valence-corrected chi connectivity index (χ1v) is 6.19. The Hall–Kier alpha value is -1.95. The van der Waals surface area contributed by atoms with Gasteiger partial charge in [0, 0.05) is 25.7 Å². The number of carbonyl (C=O) groups excluding carboxylic acids is 1. The molecule has 1 saturated heterocycles. The molecule has 1 aliphatic heterocycles. The van der Waals surface area contributed by atoms with E-state index in [0.717, 1.165) is 13.1 Å². The fourth-order valence-corrected chi connectivity index (χ4v) is 2.26. The van der Waals surface area contributed by atoms with Crippen LogP contribution in [0.1, 0.15) is 27.9 Å². The molecule has 1 aliphatic rings. The maximum absolute atomic E-state index is 12.3. The molecule has 1 aromatic rings. The molecular formula is C13H17N3O3. The molecule has 1 fully saturated rings. The molecule has 102 valence electrons. The van der Waals surface area contributed by atoms with Gasteiger partial charge in [-0.05, 0) is 26.1 Å². The normalized spacial score (nSPS) is 20.3. The summed E-state index contributed by atoms with van der Waals surface area (Å²) >= 11 is 0. The van der Waals surface area contributed by atoms with Crippen molar-refractivity contribution in [1.29, 1.82) is 0 Å². The molecule has 2 rings (SSSR count). The van der Waals surface area contributed by atoms with E-state index in [1.165, 1.54) is 6.07 Å². The van der Waals surface area contributed by atoms with Gasteiger partial charge < -0.3 is 14.9 Å². The van der Waals surface area contributed by atoms with Crippen molar-refractivity contribution < 1.29 is 14.7 Å². The summed E-state index contributed by atoms with van der Waals surface area (Å²) in [7, 11) is 2.02. The van der Waals surface area contributed by atoms with Gasteiger partial charge in [-0.3, -0.25) is 4.79 Å². The Bertz CT molecular complexity index is 504. The number of pyridine rings is 1. The molecule has 0 spiro atoms. The molecule has 6 nitrogen and oxygen atoms in total. The van der Waals surface area contributed by atoms with E-state index >= 15 is 0 Å². The maximum atomic E-state index is 12.3. The van der Waals surface area contributed by atoms with Gasteiger partial charge in [-0.2, -0.15) is 0 Å². The molecule has 6 heteroatoms. The van der Waals surface area contributed by atoms with Crippen LogP contribution in [0, 0.1) is 0 Å². The van der Waals surface area contributed by atoms with E-state index < -0.39 is 5.97 Å². The van der Waals surface area contributed by atoms with Crippen LogP contribution in [0.2, 0.25) is 0 Å². The molecule has 1 amide bonds. The van der Waals surface area contributed by atoms with Crippen LogP contribution in [0.15, 0.2) is 18.2 Å². The van der Waals surface area contributed by atoms with Gasteiger partial charge in [0.15, 0.2) is 0 Å². The summed E-state index contributed by atoms with van der Waals surface area (Å²) < 4.78 is 0. The summed E-state index contributed by atoms with van der Waals surface area (Å²) in [5.74, 6) is -1.33. The van der Waals surface area contributed by atoms with E-state index in [9.17, 15) is 9.59 Å². The summed E-state index contributed by atoms with van der Waals surface area (Å²) in [5.41, 5.74) is 0.0870. The van der Waals surface area contributed by atoms with Crippen molar-refractivity contribution in [3.8, 4) is 0 Å². The molecule has 0 aromatic carbocycles. The van der Waals surface area contributed by atoms with E-state index in [4.69, 9.17) is 5.11 Å². The van der Waals surface area contributed by atoms with Gasteiger partial charge in [0.25, 0.3) is 5.91 Å². The molecule has 0 bridgehead atoms. The fraction of sp³-hybridized carbons (Fsp3) is 0.462. The average molecular weight is 263 g/mol. The number of amides is 1. The van der Waals surface area contributed by atoms with Crippen LogP contribution in [0.5, 0.6) is 0 Å². The van der Waals surface area contributed by atoms with Gasteiger partial charge in [-0.15, -0.1) is 0 Å². The van der Waals surface area contributed by atoms with Gasteiger partial charge in [0.1, 0.15) is 11.4 Å². The summed E-state index contributed by atoms with van der Waals surface area (Å²) in [5, 5.41) is 8.89. The summed E-state index contributed by atoms with van der Waals surface area (Å²) in [6.07, 6.45) is 0. The lowest BCUT2D eigenvalue weighted by Crippen LogP contribution is -2.52. The minimum absolute atomic E-state index is 0.0986. The number of rotatable bonds is 2. The van der Waals surface area contributed by atoms with Crippen LogP contribution < -0.4 is 0 Å². The van der Waals surface area contributed by atoms with Crippen molar-refractivity contribution in [2.45, 2.75) is 13.0 Å². The smallest absolute Gasteiger partial charge is 0.354 e. The lowest BCUT2D eigenvalue weighted by atomic mass is 10.1. The number of carboxylic acids is 1. The molecule has 0 radical (unpaired) electrons. The van der Waals surface area contributed by atoms with E-state index in [2.05, 4.69) is 9.88 Å². The van der Waals surface area contributed by atoms with Gasteiger partial charge in [0.2, 0.25) is 0 Å². The number of aromatic carboxylic acids is 1. The van der Waals surface area contributed by atoms with Gasteiger partial charge >= 0.3 is 5.97 Å². The van der Waals surface area contributed by atoms with E-state index in [1.54, 1.807) is 17.0 Å². The zero-order valence-electron chi connectivity index (χ0n) is 11.0. The number of piperazine rings is 1. The first-order valence-electron chi connectivity index (χ1n) is 6.19. The van der Waals surface area contributed by atoms with Crippen molar-refractivity contribution in [3.05, 3.63) is 29.6 Å². The molecule has 0 aliphatic carbocycles. The number of hydrogen-bond acceptors (Lipinski definition) is 4. The van der Waals surface area contributed by atoms with Crippen molar-refractivity contribution in [1.82, 2.24) is 14.8 Å². The third-order valence-corrected chi connectivity index (χ3v) is 3.28. The SMILES string of the molecule is CC1CN(C)CCN1C(=O)c1cccc(C(=O)O)n1. The molecule has 1 unspecified atom stereocenters. The molecule has 1 N–H and O–H groups in total. The number of nitrogens with zero attached hydrogens (tertiary/aromatic N) is 3. The third kappa shape index (κ3) is 2.90. The van der Waals surface area contributed by atoms with Crippen molar-refractivity contribution in [2.24, 2.45) is 0 Å². The van der Waals surface area contributed by atoms with Crippen molar-refractivity contribution in [2.75, 3.05) is 26.7 Å². The Balaban J connectivity index is 2.19. The predicted molar refractivity (Wildman–Crippen MR) is 69.2 cm³/mol. The molecule has 19 heavy (non-hydrogen) atoms. The Morgan fingerprint density at radius 2 is 2.00 bits per heavy atom. The second-order valence-corrected chi connectivity index (χ2v) is 4.82. The molecule has 0 saturated carbocycles. The zero-order valence-corrected chi connectivity index (χ0v) is 11.0. The van der Waals surface area contributed by atoms with Crippen LogP contribution >= 0.6 is 0 Å². The first kappa shape index (κ1) is 13.5. The minimum Gasteiger partial charge on any atom is -0.477 e. The monoisotopic (exact) mass is 263 g/mol. The van der Waals surface area contributed by atoms with E-state index in [0.29, 0.717) is 6.54 Å². The summed E-state index contributed by atoms with van der Waals surface area (Å²) in [4.78, 5) is 31.0. The highest BCUT2D eigenvalue weighted by Crippen LogP contribution is 2.12. The first-order chi connectivity index (χ1) is 8.99. The lowest BCUT2D eigenvalue weighted by Gasteiger charge is -2.38. The number of hydrogen-bond donors (Lipinski definition) is 1. The summed E-state index contributed by atoms with van der Waals surface area (Å²) in [6.45, 7) is 4.24. The zero-order chi connectivity index (χ0) is 14.0. The highest BCUT2D eigenvalue weighted by Gasteiger charge is 2.27. The largest absolute Gasteiger partial charge is 0.477 e. The molecule has 1 atom stereocenters. The Kier molecular flexibility index (Phi) is 3.80. The molecule has 2 heterocycles. The quantitative estimate of drug-likeness (QED) is 0.843. The Morgan fingerprint density at radius 3 is 2.63 bits per heavy atom. The van der Waals surface area contributed by atoms with Crippen molar-refractivity contribution in [3.63, 3.8) is 0 Å². The van der Waals surface area contributed by atoms with Crippen molar-refractivity contribution >= 4 is 11.9 Å². The van der Waals surface area contributed by atoms with Gasteiger partial charge in [-0.25, -0.2) is 9.78 Å². The predicted octanol–water partition coefficient (Wildman–Crippen LogP) is 0.556. The van der Waals surface area contributed by atoms with Gasteiger partial charge in [-0.1, -0.05) is 6.07 Å². The third-order valence-electron chi connectivity index (χ3n) is 3.28. The molecule has 1 aromatic heterocycles. The van der Waals surface area contributed by atoms with E-state index in [-0.39, 0.29) is 23.3 Å². The maximum Gasteiger partial charge on any atom is 0.354 e. The minimum atomic E-state index is -1.12. The van der Waals surface area contributed by atoms with Crippen LogP contribution in [-0.2, 0) is 0 Å². The number of carboxylic acid groups (broad SMARTS) is 1. The fourth-order valence-electron chi connectivity index (χ4n) is 2.26. The standard InChI is InChI=1S/C13H17N3O3/c1-9-8-15(2)6-7-16(9)12(17)10-4-3-5-11(14-10)13(18)19/h3-5,9H,6-8H2,1-2H3,(H,18,19). The van der Waals surface area contributed by atoms with E-state index in [1.807, 2.05) is 14.0 Å². The van der Waals surface area contributed by atoms with Crippen LogP contribution in [0.4, 0.5) is 0 Å². The highest BCUT2D eigenvalue weighted by molar-refractivity contribution is 5.94. The summed E-state index contributed by atoms with van der Waals surface area (Å²) in [6, 6.07) is 4.58. The topological polar surface area (TPSA) is 73.7 Å². The van der Waals surface area contributed by atoms with Crippen LogP contribution in [-0.4, -0.2) is 64.5 Å². The highest BCUT2D eigenvalue weighted by atomic mass is 16.4. The second-order valence-electron chi connectivity index (χ2n) is 4.82. The van der Waals surface area contributed by atoms with Gasteiger partial charge in [0.05, 0.1) is 0 Å². The van der Waals surface area contributed by atoms with Crippen LogP contribution in [0.3, 0.4) is 0 Å². The Labute approximate surface area is 111 Å².